The van der Waals surface area contributed by atoms with Gasteiger partial charge in [0.2, 0.25) is 0 Å². The highest BCUT2D eigenvalue weighted by Gasteiger charge is 2.41. The second-order valence-electron chi connectivity index (χ2n) is 8.41. The Hall–Kier alpha value is -2.61. The van der Waals surface area contributed by atoms with Gasteiger partial charge in [0.15, 0.2) is 12.0 Å². The number of benzene rings is 2. The summed E-state index contributed by atoms with van der Waals surface area (Å²) in [6.45, 7) is 1.69. The number of Topliss-reactive ketones (excluding diaryl/α,β-unsaturated/α-hetero) is 1. The maximum Gasteiger partial charge on any atom is 0.416 e. The van der Waals surface area contributed by atoms with Crippen LogP contribution in [0.4, 0.5) is 22.0 Å². The largest absolute Gasteiger partial charge is 0.416 e. The number of ketones is 1. The highest BCUT2D eigenvalue weighted by molar-refractivity contribution is 9.10. The molecule has 2 nitrogen and oxygen atoms in total. The molecular weight excluding hydrogens is 505 g/mol. The molecule has 0 saturated heterocycles. The average Bonchev–Trinajstić information content (AvgIpc) is 2.78. The van der Waals surface area contributed by atoms with Crippen LogP contribution in [-0.4, -0.2) is 15.6 Å². The summed E-state index contributed by atoms with van der Waals surface area (Å²) < 4.78 is 69.7. The van der Waals surface area contributed by atoms with Crippen LogP contribution in [0.5, 0.6) is 0 Å². The molecule has 2 aliphatic rings. The fourth-order valence-corrected chi connectivity index (χ4v) is 5.29. The number of hydrogen-bond acceptors (Lipinski definition) is 2. The van der Waals surface area contributed by atoms with Gasteiger partial charge in [0.05, 0.1) is 21.8 Å². The molecule has 1 heterocycles. The van der Waals surface area contributed by atoms with Gasteiger partial charge in [-0.05, 0) is 53.8 Å². The molecule has 2 aromatic carbocycles. The van der Waals surface area contributed by atoms with Crippen molar-refractivity contribution in [2.45, 2.75) is 42.9 Å². The van der Waals surface area contributed by atoms with Gasteiger partial charge < -0.3 is 0 Å². The van der Waals surface area contributed by atoms with Gasteiger partial charge in [-0.3, -0.25) is 9.78 Å². The molecule has 0 bridgehead atoms. The van der Waals surface area contributed by atoms with Crippen molar-refractivity contribution in [1.29, 1.82) is 0 Å². The standard InChI is InChI=1S/C25H17BrF5NO/c1-11-16-10-13(25(29,30)31)4-7-15(16)22(28)21-19(12-2-5-14(27)6-3-12)20-18(32-23(11)21)9-8-17(26)24(20)33/h2-7,10-11,17,22H,8-9H2,1H3. The van der Waals surface area contributed by atoms with E-state index in [0.29, 0.717) is 40.9 Å². The average molecular weight is 522 g/mol. The fourth-order valence-electron chi connectivity index (χ4n) is 4.83. The van der Waals surface area contributed by atoms with Crippen LogP contribution < -0.4 is 0 Å². The number of halogens is 6. The van der Waals surface area contributed by atoms with Gasteiger partial charge in [-0.1, -0.05) is 41.1 Å². The van der Waals surface area contributed by atoms with Crippen molar-refractivity contribution in [3.8, 4) is 11.1 Å². The van der Waals surface area contributed by atoms with Gasteiger partial charge in [0, 0.05) is 22.6 Å². The molecule has 33 heavy (non-hydrogen) atoms. The van der Waals surface area contributed by atoms with Crippen LogP contribution in [0.3, 0.4) is 0 Å². The van der Waals surface area contributed by atoms with Crippen molar-refractivity contribution in [3.05, 3.63) is 87.5 Å². The molecule has 2 aliphatic carbocycles. The van der Waals surface area contributed by atoms with Crippen molar-refractivity contribution in [2.24, 2.45) is 0 Å². The van der Waals surface area contributed by atoms with E-state index < -0.39 is 34.5 Å². The smallest absolute Gasteiger partial charge is 0.293 e. The molecule has 1 aromatic heterocycles. The van der Waals surface area contributed by atoms with Crippen molar-refractivity contribution in [2.75, 3.05) is 0 Å². The highest BCUT2D eigenvalue weighted by Crippen LogP contribution is 2.50. The van der Waals surface area contributed by atoms with Gasteiger partial charge in [-0.25, -0.2) is 8.78 Å². The maximum absolute atomic E-state index is 16.1. The first-order valence-electron chi connectivity index (χ1n) is 10.4. The molecule has 0 N–H and O–H groups in total. The number of fused-ring (bicyclic) bond motifs is 3. The van der Waals surface area contributed by atoms with Gasteiger partial charge in [-0.2, -0.15) is 13.2 Å². The summed E-state index contributed by atoms with van der Waals surface area (Å²) in [5, 5.41) is 0. The quantitative estimate of drug-likeness (QED) is 0.248. The summed E-state index contributed by atoms with van der Waals surface area (Å²) in [5.74, 6) is -1.33. The SMILES string of the molecule is CC1c2cc(C(F)(F)F)ccc2C(F)c2c1nc1c(c2-c2ccc(F)cc2)C(=O)C(Br)CC1. The summed E-state index contributed by atoms with van der Waals surface area (Å²) in [5.41, 5.74) is 1.55. The molecule has 8 heteroatoms. The minimum Gasteiger partial charge on any atom is -0.293 e. The minimum atomic E-state index is -4.55. The molecule has 3 unspecified atom stereocenters. The first kappa shape index (κ1) is 22.2. The van der Waals surface area contributed by atoms with Crippen LogP contribution in [0.25, 0.3) is 11.1 Å². The Morgan fingerprint density at radius 3 is 2.39 bits per heavy atom. The number of carbonyl (C=O) groups excluding carboxylic acids is 1. The lowest BCUT2D eigenvalue weighted by Crippen LogP contribution is -2.28. The van der Waals surface area contributed by atoms with E-state index in [2.05, 4.69) is 20.9 Å². The zero-order valence-corrected chi connectivity index (χ0v) is 18.9. The number of aromatic nitrogens is 1. The number of carbonyl (C=O) groups is 1. The summed E-state index contributed by atoms with van der Waals surface area (Å²) in [7, 11) is 0. The molecule has 0 radical (unpaired) electrons. The van der Waals surface area contributed by atoms with Crippen molar-refractivity contribution < 1.29 is 26.7 Å². The van der Waals surface area contributed by atoms with Gasteiger partial charge >= 0.3 is 6.18 Å². The number of pyridine rings is 1. The Balaban J connectivity index is 1.81. The highest BCUT2D eigenvalue weighted by atomic mass is 79.9. The lowest BCUT2D eigenvalue weighted by Gasteiger charge is -2.33. The third-order valence-corrected chi connectivity index (χ3v) is 7.33. The first-order valence-corrected chi connectivity index (χ1v) is 11.4. The monoisotopic (exact) mass is 521 g/mol. The van der Waals surface area contributed by atoms with Crippen LogP contribution >= 0.6 is 15.9 Å². The van der Waals surface area contributed by atoms with E-state index in [9.17, 15) is 22.4 Å². The minimum absolute atomic E-state index is 0.117. The van der Waals surface area contributed by atoms with Gasteiger partial charge in [0.25, 0.3) is 0 Å². The van der Waals surface area contributed by atoms with Crippen LogP contribution in [0.1, 0.15) is 69.4 Å². The van der Waals surface area contributed by atoms with Crippen molar-refractivity contribution in [3.63, 3.8) is 0 Å². The second-order valence-corrected chi connectivity index (χ2v) is 9.52. The maximum atomic E-state index is 16.1. The predicted octanol–water partition coefficient (Wildman–Crippen LogP) is 7.32. The molecule has 3 atom stereocenters. The number of hydrogen-bond donors (Lipinski definition) is 0. The zero-order chi connectivity index (χ0) is 23.7. The van der Waals surface area contributed by atoms with Crippen LogP contribution in [0, 0.1) is 5.82 Å². The number of alkyl halides is 5. The molecule has 0 fully saturated rings. The van der Waals surface area contributed by atoms with Crippen LogP contribution in [-0.2, 0) is 12.6 Å². The molecule has 0 saturated carbocycles. The summed E-state index contributed by atoms with van der Waals surface area (Å²) in [6.07, 6.45) is -5.38. The van der Waals surface area contributed by atoms with E-state index in [0.717, 1.165) is 18.2 Å². The topological polar surface area (TPSA) is 30.0 Å². The van der Waals surface area contributed by atoms with Crippen molar-refractivity contribution in [1.82, 2.24) is 4.98 Å². The Labute approximate surface area is 195 Å². The summed E-state index contributed by atoms with van der Waals surface area (Å²) in [4.78, 5) is 17.3. The van der Waals surface area contributed by atoms with E-state index in [1.54, 1.807) is 6.92 Å². The molecular formula is C25H17BrF5NO. The number of aryl methyl sites for hydroxylation is 1. The molecule has 3 aromatic rings. The lowest BCUT2D eigenvalue weighted by molar-refractivity contribution is -0.137. The summed E-state index contributed by atoms with van der Waals surface area (Å²) in [6, 6.07) is 8.43. The van der Waals surface area contributed by atoms with Crippen LogP contribution in [0.2, 0.25) is 0 Å². The van der Waals surface area contributed by atoms with E-state index in [1.165, 1.54) is 24.3 Å². The normalized spacial score (nSPS) is 21.9. The van der Waals surface area contributed by atoms with Crippen LogP contribution in [0.15, 0.2) is 42.5 Å². The van der Waals surface area contributed by atoms with Crippen molar-refractivity contribution >= 4 is 21.7 Å². The molecule has 0 amide bonds. The Morgan fingerprint density at radius 2 is 1.73 bits per heavy atom. The Kier molecular flexibility index (Phi) is 5.19. The lowest BCUT2D eigenvalue weighted by atomic mass is 9.74. The second kappa shape index (κ2) is 7.72. The number of rotatable bonds is 1. The third kappa shape index (κ3) is 3.50. The van der Waals surface area contributed by atoms with Gasteiger partial charge in [-0.15, -0.1) is 0 Å². The summed E-state index contributed by atoms with van der Waals surface area (Å²) >= 11 is 3.38. The Morgan fingerprint density at radius 1 is 1.03 bits per heavy atom. The van der Waals surface area contributed by atoms with E-state index in [-0.39, 0.29) is 22.5 Å². The third-order valence-electron chi connectivity index (χ3n) is 6.45. The van der Waals surface area contributed by atoms with Gasteiger partial charge in [0.1, 0.15) is 5.82 Å². The number of nitrogens with zero attached hydrogens (tertiary/aromatic N) is 1. The first-order chi connectivity index (χ1) is 15.6. The van der Waals surface area contributed by atoms with E-state index in [1.807, 2.05) is 0 Å². The fraction of sp³-hybridized carbons (Fsp3) is 0.280. The van der Waals surface area contributed by atoms with E-state index in [4.69, 9.17) is 0 Å². The molecule has 5 rings (SSSR count). The van der Waals surface area contributed by atoms with E-state index >= 15 is 4.39 Å². The predicted molar refractivity (Wildman–Crippen MR) is 117 cm³/mol. The zero-order valence-electron chi connectivity index (χ0n) is 17.3. The Bertz CT molecular complexity index is 1290. The molecule has 0 aliphatic heterocycles. The molecule has 0 spiro atoms. The molecule has 170 valence electrons.